The maximum atomic E-state index is 11.9. The fourth-order valence-corrected chi connectivity index (χ4v) is 9.93. The lowest BCUT2D eigenvalue weighted by molar-refractivity contribution is -0.174. The van der Waals surface area contributed by atoms with E-state index in [1.807, 2.05) is 0 Å². The van der Waals surface area contributed by atoms with Crippen molar-refractivity contribution in [2.75, 3.05) is 14.2 Å². The molecule has 4 aliphatic carbocycles. The molecule has 180 valence electrons. The topological polar surface area (TPSA) is 69.8 Å². The van der Waals surface area contributed by atoms with Gasteiger partial charge in [-0.25, -0.2) is 0 Å². The first-order valence-corrected chi connectivity index (χ1v) is 12.8. The van der Waals surface area contributed by atoms with Crippen molar-refractivity contribution in [2.45, 2.75) is 96.6 Å². The molecule has 0 bridgehead atoms. The monoisotopic (exact) mass is 448 g/mol. The highest BCUT2D eigenvalue weighted by Gasteiger charge is 2.78. The third kappa shape index (κ3) is 2.76. The van der Waals surface area contributed by atoms with Gasteiger partial charge in [0.15, 0.2) is 6.29 Å². The lowest BCUT2D eigenvalue weighted by Gasteiger charge is -2.59. The molecule has 2 heterocycles. The number of ether oxygens (including phenoxy) is 5. The molecule has 6 aliphatic rings. The van der Waals surface area contributed by atoms with Crippen LogP contribution in [-0.2, 0) is 28.5 Å². The summed E-state index contributed by atoms with van der Waals surface area (Å²) in [4.78, 5) is 11.9. The van der Waals surface area contributed by atoms with Gasteiger partial charge < -0.3 is 23.7 Å². The van der Waals surface area contributed by atoms with Crippen LogP contribution in [0.25, 0.3) is 0 Å². The van der Waals surface area contributed by atoms with E-state index in [1.54, 1.807) is 14.2 Å². The summed E-state index contributed by atoms with van der Waals surface area (Å²) in [5.74, 6) is 2.91. The normalized spacial score (nSPS) is 55.7. The Hall–Kier alpha value is -0.690. The van der Waals surface area contributed by atoms with Gasteiger partial charge in [-0.2, -0.15) is 0 Å². The molecule has 6 rings (SSSR count). The summed E-state index contributed by atoms with van der Waals surface area (Å²) in [5, 5.41) is 0. The minimum atomic E-state index is -0.176. The molecule has 32 heavy (non-hydrogen) atoms. The average Bonchev–Trinajstić information content (AvgIpc) is 3.64. The van der Waals surface area contributed by atoms with Crippen LogP contribution < -0.4 is 0 Å². The molecule has 0 spiro atoms. The SMILES string of the molecule is COC(OC)C(C)[C@H]1CCC2C3C(CC[C@@]21C)[C@]1(C)C(C(OC(C)=O)C[C@@H]2O[C@@H]21)[C@H]1O[C@@H]31. The number of carbonyl (C=O) groups is 1. The van der Waals surface area contributed by atoms with E-state index in [0.717, 1.165) is 6.42 Å². The zero-order chi connectivity index (χ0) is 22.6. The van der Waals surface area contributed by atoms with Gasteiger partial charge >= 0.3 is 5.97 Å². The second-order valence-corrected chi connectivity index (χ2v) is 12.2. The highest BCUT2D eigenvalue weighted by molar-refractivity contribution is 5.66. The largest absolute Gasteiger partial charge is 0.462 e. The molecular weight excluding hydrogens is 408 g/mol. The Labute approximate surface area is 192 Å². The molecule has 6 unspecified atom stereocenters. The van der Waals surface area contributed by atoms with Crippen molar-refractivity contribution in [2.24, 2.45) is 46.3 Å². The molecule has 0 amide bonds. The standard InChI is InChI=1S/C26H40O6/c1-12(24(28-5)29-6)14-7-8-15-19-16(9-10-25(14,15)3)26(4)20(22-21(19)32-22)17(30-13(2)27)11-18-23(26)31-18/h12,14-24H,7-11H2,1-6H3/t12?,14-,15?,16?,17?,18+,19?,20?,21+,22-,23+,25-,26-/m1/s1. The molecule has 2 saturated heterocycles. The van der Waals surface area contributed by atoms with Crippen molar-refractivity contribution in [3.05, 3.63) is 0 Å². The fourth-order valence-electron chi connectivity index (χ4n) is 9.93. The lowest BCUT2D eigenvalue weighted by atomic mass is 9.44. The quantitative estimate of drug-likeness (QED) is 0.362. The Morgan fingerprint density at radius 1 is 1.03 bits per heavy atom. The second kappa shape index (κ2) is 7.16. The van der Waals surface area contributed by atoms with Gasteiger partial charge in [0.1, 0.15) is 6.10 Å². The molecule has 0 aromatic rings. The summed E-state index contributed by atoms with van der Waals surface area (Å²) in [6, 6.07) is 0. The van der Waals surface area contributed by atoms with E-state index in [0.29, 0.717) is 47.2 Å². The van der Waals surface area contributed by atoms with Crippen LogP contribution in [0.3, 0.4) is 0 Å². The number of hydrogen-bond donors (Lipinski definition) is 0. The summed E-state index contributed by atoms with van der Waals surface area (Å²) in [6.45, 7) is 8.82. The number of esters is 1. The fraction of sp³-hybridized carbons (Fsp3) is 0.962. The van der Waals surface area contributed by atoms with Crippen molar-refractivity contribution in [1.29, 1.82) is 0 Å². The Balaban J connectivity index is 1.31. The Kier molecular flexibility index (Phi) is 4.88. The number of rotatable bonds is 5. The Morgan fingerprint density at radius 3 is 2.47 bits per heavy atom. The molecule has 0 aromatic heterocycles. The van der Waals surface area contributed by atoms with Crippen LogP contribution in [0.1, 0.15) is 59.8 Å². The third-order valence-corrected chi connectivity index (χ3v) is 11.1. The van der Waals surface area contributed by atoms with Gasteiger partial charge in [-0.1, -0.05) is 20.8 Å². The van der Waals surface area contributed by atoms with Crippen molar-refractivity contribution in [3.63, 3.8) is 0 Å². The van der Waals surface area contributed by atoms with Crippen LogP contribution in [0.5, 0.6) is 0 Å². The van der Waals surface area contributed by atoms with Crippen LogP contribution >= 0.6 is 0 Å². The first-order valence-electron chi connectivity index (χ1n) is 12.8. The lowest BCUT2D eigenvalue weighted by Crippen LogP contribution is -2.62. The summed E-state index contributed by atoms with van der Waals surface area (Å²) in [7, 11) is 3.52. The summed E-state index contributed by atoms with van der Waals surface area (Å²) >= 11 is 0. The first-order chi connectivity index (χ1) is 15.3. The zero-order valence-electron chi connectivity index (χ0n) is 20.4. The number of epoxide rings is 2. The molecule has 6 nitrogen and oxygen atoms in total. The minimum Gasteiger partial charge on any atom is -0.462 e. The summed E-state index contributed by atoms with van der Waals surface area (Å²) < 4.78 is 30.0. The number of hydrogen-bond acceptors (Lipinski definition) is 6. The van der Waals surface area contributed by atoms with Gasteiger partial charge in [0.2, 0.25) is 0 Å². The van der Waals surface area contributed by atoms with Crippen molar-refractivity contribution < 1.29 is 28.5 Å². The van der Waals surface area contributed by atoms with Gasteiger partial charge in [0.25, 0.3) is 0 Å². The number of methoxy groups -OCH3 is 2. The van der Waals surface area contributed by atoms with Gasteiger partial charge in [-0.05, 0) is 54.8 Å². The summed E-state index contributed by atoms with van der Waals surface area (Å²) in [5.41, 5.74) is 0.335. The molecule has 0 N–H and O–H groups in total. The van der Waals surface area contributed by atoms with E-state index in [-0.39, 0.29) is 41.9 Å². The highest BCUT2D eigenvalue weighted by Crippen LogP contribution is 2.74. The average molecular weight is 449 g/mol. The molecule has 6 heteroatoms. The van der Waals surface area contributed by atoms with E-state index in [1.165, 1.54) is 32.6 Å². The molecular formula is C26H40O6. The third-order valence-electron chi connectivity index (χ3n) is 11.1. The molecule has 2 aliphatic heterocycles. The van der Waals surface area contributed by atoms with E-state index < -0.39 is 0 Å². The van der Waals surface area contributed by atoms with Crippen molar-refractivity contribution in [1.82, 2.24) is 0 Å². The molecule has 0 radical (unpaired) electrons. The van der Waals surface area contributed by atoms with E-state index >= 15 is 0 Å². The van der Waals surface area contributed by atoms with Gasteiger partial charge in [-0.15, -0.1) is 0 Å². The van der Waals surface area contributed by atoms with Crippen LogP contribution in [0.2, 0.25) is 0 Å². The highest BCUT2D eigenvalue weighted by atomic mass is 16.7. The predicted molar refractivity (Wildman–Crippen MR) is 117 cm³/mol. The van der Waals surface area contributed by atoms with Crippen LogP contribution in [0.4, 0.5) is 0 Å². The molecule has 0 aromatic carbocycles. The molecule has 4 saturated carbocycles. The smallest absolute Gasteiger partial charge is 0.302 e. The minimum absolute atomic E-state index is 0.0397. The molecule has 6 fully saturated rings. The zero-order valence-corrected chi connectivity index (χ0v) is 20.4. The van der Waals surface area contributed by atoms with Crippen LogP contribution in [0, 0.1) is 46.3 Å². The number of fused-ring (bicyclic) bond motifs is 10. The van der Waals surface area contributed by atoms with Crippen molar-refractivity contribution >= 4 is 5.97 Å². The maximum Gasteiger partial charge on any atom is 0.302 e. The molecule has 13 atom stereocenters. The van der Waals surface area contributed by atoms with E-state index in [2.05, 4.69) is 20.8 Å². The van der Waals surface area contributed by atoms with Gasteiger partial charge in [0, 0.05) is 44.8 Å². The van der Waals surface area contributed by atoms with Gasteiger partial charge in [-0.3, -0.25) is 4.79 Å². The number of carbonyl (C=O) groups excluding carboxylic acids is 1. The van der Waals surface area contributed by atoms with E-state index in [4.69, 9.17) is 23.7 Å². The second-order valence-electron chi connectivity index (χ2n) is 12.2. The Bertz CT molecular complexity index is 782. The Morgan fingerprint density at radius 2 is 1.78 bits per heavy atom. The first kappa shape index (κ1) is 21.8. The summed E-state index contributed by atoms with van der Waals surface area (Å²) in [6.07, 6.45) is 6.70. The van der Waals surface area contributed by atoms with Crippen molar-refractivity contribution in [3.8, 4) is 0 Å². The van der Waals surface area contributed by atoms with Gasteiger partial charge in [0.05, 0.1) is 24.4 Å². The van der Waals surface area contributed by atoms with Crippen LogP contribution in [-0.4, -0.2) is 57.0 Å². The maximum absolute atomic E-state index is 11.9. The van der Waals surface area contributed by atoms with Crippen LogP contribution in [0.15, 0.2) is 0 Å². The van der Waals surface area contributed by atoms with E-state index in [9.17, 15) is 4.79 Å². The predicted octanol–water partition coefficient (Wildman–Crippen LogP) is 3.81.